The first-order valence-corrected chi connectivity index (χ1v) is 33.5. The molecule has 558 valence electrons. The van der Waals surface area contributed by atoms with Gasteiger partial charge in [-0.25, -0.2) is 14.4 Å². The Morgan fingerprint density at radius 3 is 1.71 bits per heavy atom. The highest BCUT2D eigenvalue weighted by Crippen LogP contribution is 2.43. The quantitative estimate of drug-likeness (QED) is 0.0548. The van der Waals surface area contributed by atoms with Crippen LogP contribution in [0.2, 0.25) is 0 Å². The smallest absolute Gasteiger partial charge is 0.410 e. The number of ether oxygens (including phenoxy) is 13. The minimum Gasteiger partial charge on any atom is -0.445 e. The van der Waals surface area contributed by atoms with Crippen molar-refractivity contribution in [3.63, 3.8) is 0 Å². The van der Waals surface area contributed by atoms with E-state index in [-0.39, 0.29) is 45.4 Å². The molecule has 7 heterocycles. The van der Waals surface area contributed by atoms with Crippen molar-refractivity contribution in [3.8, 4) is 0 Å². The summed E-state index contributed by atoms with van der Waals surface area (Å²) in [6, 6.07) is 11.1. The van der Waals surface area contributed by atoms with Crippen LogP contribution >= 0.6 is 0 Å². The van der Waals surface area contributed by atoms with Crippen LogP contribution in [0, 0.1) is 11.8 Å². The second kappa shape index (κ2) is 34.2. The van der Waals surface area contributed by atoms with Crippen molar-refractivity contribution in [2.45, 2.75) is 249 Å². The van der Waals surface area contributed by atoms with Crippen LogP contribution in [0.5, 0.6) is 0 Å². The van der Waals surface area contributed by atoms with E-state index < -0.39 is 239 Å². The van der Waals surface area contributed by atoms with Gasteiger partial charge in [-0.1, -0.05) is 74.5 Å². The lowest BCUT2D eigenvalue weighted by Gasteiger charge is -2.51. The van der Waals surface area contributed by atoms with Gasteiger partial charge in [0.1, 0.15) is 92.5 Å². The number of alkyl carbamates (subject to hydrolysis) is 2. The van der Waals surface area contributed by atoms with E-state index in [2.05, 4.69) is 21.3 Å². The molecule has 9 aliphatic rings. The van der Waals surface area contributed by atoms with Crippen molar-refractivity contribution in [2.75, 3.05) is 40.4 Å². The van der Waals surface area contributed by atoms with Crippen LogP contribution in [0.15, 0.2) is 60.7 Å². The second-order valence-corrected chi connectivity index (χ2v) is 26.8. The van der Waals surface area contributed by atoms with Gasteiger partial charge in [0, 0.05) is 44.1 Å². The van der Waals surface area contributed by atoms with Crippen LogP contribution in [-0.4, -0.2) is 316 Å². The predicted molar refractivity (Wildman–Crippen MR) is 335 cm³/mol. The van der Waals surface area contributed by atoms with E-state index in [1.165, 1.54) is 11.9 Å². The number of fused-ring (bicyclic) bond motifs is 4. The third kappa shape index (κ3) is 17.4. The van der Waals surface area contributed by atoms with Gasteiger partial charge in [0.15, 0.2) is 43.8 Å². The van der Waals surface area contributed by atoms with Crippen LogP contribution in [0.25, 0.3) is 0 Å². The summed E-state index contributed by atoms with van der Waals surface area (Å²) in [5.41, 5.74) is 25.2. The number of nitrogens with two attached hydrogens (primary N) is 4. The fourth-order valence-corrected chi connectivity index (χ4v) is 14.3. The summed E-state index contributed by atoms with van der Waals surface area (Å²) >= 11 is 0. The van der Waals surface area contributed by atoms with Gasteiger partial charge < -0.3 is 162 Å². The lowest BCUT2D eigenvalue weighted by Crippen LogP contribution is -2.70. The summed E-state index contributed by atoms with van der Waals surface area (Å²) < 4.78 is 77.3. The highest BCUT2D eigenvalue weighted by atomic mass is 16.8. The molecule has 11 rings (SSSR count). The number of carbonyl (C=O) groups is 3. The minimum atomic E-state index is -1.66. The number of nitrogens with one attached hydrogen (secondary N) is 4. The maximum absolute atomic E-state index is 13.2. The van der Waals surface area contributed by atoms with Gasteiger partial charge in [-0.05, 0) is 43.9 Å². The zero-order chi connectivity index (χ0) is 71.3. The molecule has 18 unspecified atom stereocenters. The van der Waals surface area contributed by atoms with Crippen LogP contribution < -0.4 is 44.2 Å². The molecule has 0 bridgehead atoms. The molecular weight excluding hydrogens is 1310 g/mol. The Balaban J connectivity index is 0.000000231. The first-order valence-electron chi connectivity index (χ1n) is 33.5. The topological polar surface area (TPSA) is 549 Å². The summed E-state index contributed by atoms with van der Waals surface area (Å²) in [5, 5.41) is 128. The molecule has 7 saturated heterocycles. The Hall–Kier alpha value is -4.83. The van der Waals surface area contributed by atoms with Crippen molar-refractivity contribution in [2.24, 2.45) is 34.8 Å². The number of amides is 3. The molecule has 0 aromatic heterocycles. The Labute approximate surface area is 570 Å². The Bertz CT molecular complexity index is 2880. The fourth-order valence-electron chi connectivity index (χ4n) is 14.3. The molecular formula is C63H99N9O27. The molecule has 23 N–H and O–H groups in total. The lowest BCUT2D eigenvalue weighted by molar-refractivity contribution is -0.378. The maximum Gasteiger partial charge on any atom is 0.410 e. The molecule has 2 aliphatic carbocycles. The average Bonchev–Trinajstić information content (AvgIpc) is 1.69. The number of rotatable bonds is 20. The van der Waals surface area contributed by atoms with Gasteiger partial charge in [-0.15, -0.1) is 0 Å². The lowest BCUT2D eigenvalue weighted by atomic mass is 9.83. The summed E-state index contributed by atoms with van der Waals surface area (Å²) in [6.07, 6.45) is -30.2. The van der Waals surface area contributed by atoms with Gasteiger partial charge in [0.05, 0.1) is 73.9 Å². The molecule has 7 aliphatic heterocycles. The predicted octanol–water partition coefficient (Wildman–Crippen LogP) is -6.89. The standard InChI is InChI=1S/C40H53N3O16.C23H46N6O11/c1-19-14-25-33(34-27(43(3)40(51)58-34)36(54-25)59-37-31(48)28(45)20(2)26(16-44)55-37)57-35(19)56-32-24(42-39(50)53-18-22-12-8-5-9-13-22)15-23(29(46)30(32)47)41-38(49)52-17-21-10-6-4-7-11-21;1-28-13-16(33)20-10(5-9(27)21(39-20)38-19-8(26)4-7(25)14(31)17(19)34)36-22(13)40-23-18(35)15(32)12(29-3-2-24)11(6-30)37-23/h4-13,19-20,23-37,44-48H,14-18H2,1-3H3,(H,41,49)(H,42,50);7-23,28-35H,2-6,24-27H2,1H3/t19?,20-,23-,24?,25+,26?,27?,28+,29?,30-,31?,32-,33?,34?,35+,36?,37-;7-,8?,9?,10+,11?,12-,13?,14?,15+,16?,17-,18?,19-,20?,21+,22?,23-/m11/s1. The van der Waals surface area contributed by atoms with Crippen molar-refractivity contribution in [1.82, 2.24) is 26.2 Å². The fraction of sp³-hybridized carbons (Fsp3) is 0.762. The number of nitrogens with zero attached hydrogens (tertiary/aromatic N) is 1. The van der Waals surface area contributed by atoms with E-state index in [1.54, 1.807) is 69.4 Å². The maximum atomic E-state index is 13.2. The molecule has 99 heavy (non-hydrogen) atoms. The van der Waals surface area contributed by atoms with Gasteiger partial charge >= 0.3 is 18.3 Å². The largest absolute Gasteiger partial charge is 0.445 e. The molecule has 9 fully saturated rings. The van der Waals surface area contributed by atoms with Gasteiger partial charge in [0.25, 0.3) is 0 Å². The highest BCUT2D eigenvalue weighted by Gasteiger charge is 2.61. The average molecular weight is 1410 g/mol. The number of aliphatic hydroxyl groups excluding tert-OH is 11. The zero-order valence-corrected chi connectivity index (χ0v) is 55.2. The van der Waals surface area contributed by atoms with Crippen LogP contribution in [-0.2, 0) is 74.8 Å². The summed E-state index contributed by atoms with van der Waals surface area (Å²) in [6.45, 7) is 3.04. The number of hydrogen-bond acceptors (Lipinski definition) is 33. The van der Waals surface area contributed by atoms with Crippen LogP contribution in [0.4, 0.5) is 14.4 Å². The molecule has 2 aromatic carbocycles. The molecule has 3 amide bonds. The number of likely N-dealkylation sites (N-methyl/N-ethyl adjacent to an activating group) is 2. The molecule has 0 spiro atoms. The number of carbonyl (C=O) groups excluding carboxylic acids is 3. The summed E-state index contributed by atoms with van der Waals surface area (Å²) in [4.78, 5) is 40.3. The molecule has 2 aromatic rings. The van der Waals surface area contributed by atoms with Crippen molar-refractivity contribution in [3.05, 3.63) is 71.8 Å². The van der Waals surface area contributed by atoms with Crippen molar-refractivity contribution >= 4 is 18.3 Å². The van der Waals surface area contributed by atoms with E-state index in [1.807, 2.05) is 12.1 Å². The first-order chi connectivity index (χ1) is 47.3. The minimum absolute atomic E-state index is 0.0389. The van der Waals surface area contributed by atoms with Crippen LogP contribution in [0.3, 0.4) is 0 Å². The van der Waals surface area contributed by atoms with Gasteiger partial charge in [-0.3, -0.25) is 4.90 Å². The van der Waals surface area contributed by atoms with E-state index in [0.717, 1.165) is 11.1 Å². The van der Waals surface area contributed by atoms with Crippen molar-refractivity contribution in [1.29, 1.82) is 0 Å². The van der Waals surface area contributed by atoms with Gasteiger partial charge in [-0.2, -0.15) is 0 Å². The van der Waals surface area contributed by atoms with E-state index in [9.17, 15) is 70.6 Å². The van der Waals surface area contributed by atoms with E-state index in [4.69, 9.17) is 84.5 Å². The first kappa shape index (κ1) is 76.8. The number of benzene rings is 2. The Morgan fingerprint density at radius 1 is 0.535 bits per heavy atom. The third-order valence-corrected chi connectivity index (χ3v) is 20.0. The van der Waals surface area contributed by atoms with E-state index >= 15 is 0 Å². The van der Waals surface area contributed by atoms with Crippen molar-refractivity contribution < 1.29 is 132 Å². The summed E-state index contributed by atoms with van der Waals surface area (Å²) in [7, 11) is 3.04. The second-order valence-electron chi connectivity index (χ2n) is 26.8. The molecule has 2 saturated carbocycles. The number of hydrogen-bond donors (Lipinski definition) is 19. The zero-order valence-electron chi connectivity index (χ0n) is 55.2. The van der Waals surface area contributed by atoms with Crippen LogP contribution in [0.1, 0.15) is 50.7 Å². The SMILES string of the molecule is CC1C[C@@H]2OC(O[C@H]3OC(CO)[C@@H](C)[C@H](O)C3O)C3C(OC(=O)N3C)C2O[C@@H]1O[C@@H]1C(NC(=O)OCc2ccccc2)C[C@@H](NC(=O)OCc2ccccc2)C(O)[C@H]1O.CNC1C(O[C@H]2OC(CO)[C@@H](NCCN)[C@H](O)C2O)O[C@H]2CC(N)[C@@H](O[C@@H]3C(N)C[C@@H](N)C(O)[C@H]3O)OC2C1O. The normalized spacial score (nSPS) is 44.4. The van der Waals surface area contributed by atoms with E-state index in [0.29, 0.717) is 6.54 Å². The Kier molecular flexibility index (Phi) is 26.5. The molecule has 36 heteroatoms. The van der Waals surface area contributed by atoms with Gasteiger partial charge in [0.2, 0.25) is 0 Å². The number of aliphatic hydroxyl groups is 11. The molecule has 36 nitrogen and oxygen atoms in total. The Morgan fingerprint density at radius 2 is 1.09 bits per heavy atom. The monoisotopic (exact) mass is 1410 g/mol. The molecule has 0 radical (unpaired) electrons. The third-order valence-electron chi connectivity index (χ3n) is 20.0. The highest BCUT2D eigenvalue weighted by molar-refractivity contribution is 5.71. The summed E-state index contributed by atoms with van der Waals surface area (Å²) in [5.74, 6) is -1.05. The molecule has 34 atom stereocenters.